The lowest BCUT2D eigenvalue weighted by atomic mass is 10.2. The molecule has 94 valence electrons. The molecule has 2 nitrogen and oxygen atoms in total. The van der Waals surface area contributed by atoms with Crippen molar-refractivity contribution in [3.05, 3.63) is 45.7 Å². The number of Topliss-reactive ketones (excluding diaryl/α,β-unsaturated/α-hetero) is 1. The van der Waals surface area contributed by atoms with Gasteiger partial charge in [0.1, 0.15) is 0 Å². The lowest BCUT2D eigenvalue weighted by molar-refractivity contribution is 0.0986. The van der Waals surface area contributed by atoms with Gasteiger partial charge in [0, 0.05) is 12.6 Å². The van der Waals surface area contributed by atoms with E-state index in [2.05, 4.69) is 4.98 Å². The number of rotatable bonds is 6. The Morgan fingerprint density at radius 1 is 1.39 bits per heavy atom. The van der Waals surface area contributed by atoms with Gasteiger partial charge < -0.3 is 0 Å². The fraction of sp³-hybridized carbons (Fsp3) is 0.231. The summed E-state index contributed by atoms with van der Waals surface area (Å²) in [6.07, 6.45) is 3.10. The maximum atomic E-state index is 11.7. The van der Waals surface area contributed by atoms with E-state index in [-0.39, 0.29) is 5.78 Å². The van der Waals surface area contributed by atoms with Crippen molar-refractivity contribution in [2.24, 2.45) is 0 Å². The lowest BCUT2D eigenvalue weighted by Gasteiger charge is -2.00. The number of aromatic nitrogens is 1. The van der Waals surface area contributed by atoms with E-state index >= 15 is 0 Å². The minimum absolute atomic E-state index is 0.231. The van der Waals surface area contributed by atoms with Gasteiger partial charge in [-0.2, -0.15) is 0 Å². The topological polar surface area (TPSA) is 30.0 Å². The van der Waals surface area contributed by atoms with E-state index < -0.39 is 0 Å². The summed E-state index contributed by atoms with van der Waals surface area (Å²) in [7, 11) is 0. The standard InChI is InChI=1S/C13H12ClNOS2/c14-10-5-6-13(15-9-10)18-8-1-3-11(16)12-4-2-7-17-12/h2,4-7,9H,1,3,8H2. The molecule has 0 aliphatic carbocycles. The summed E-state index contributed by atoms with van der Waals surface area (Å²) in [6, 6.07) is 7.51. The van der Waals surface area contributed by atoms with Crippen molar-refractivity contribution in [2.45, 2.75) is 17.9 Å². The Labute approximate surface area is 119 Å². The van der Waals surface area contributed by atoms with Gasteiger partial charge in [-0.3, -0.25) is 4.79 Å². The fourth-order valence-corrected chi connectivity index (χ4v) is 3.01. The fourth-order valence-electron chi connectivity index (χ4n) is 1.42. The molecule has 0 amide bonds. The Bertz CT molecular complexity index is 496. The first kappa shape index (κ1) is 13.6. The summed E-state index contributed by atoms with van der Waals surface area (Å²) in [5, 5.41) is 3.52. The van der Waals surface area contributed by atoms with Crippen LogP contribution in [0.3, 0.4) is 0 Å². The van der Waals surface area contributed by atoms with E-state index in [0.29, 0.717) is 11.4 Å². The van der Waals surface area contributed by atoms with Gasteiger partial charge in [0.25, 0.3) is 0 Å². The third-order valence-corrected chi connectivity index (χ3v) is 4.46. The molecule has 0 saturated carbocycles. The van der Waals surface area contributed by atoms with Crippen molar-refractivity contribution in [1.29, 1.82) is 0 Å². The number of halogens is 1. The van der Waals surface area contributed by atoms with Crippen LogP contribution in [0.4, 0.5) is 0 Å². The first-order valence-corrected chi connectivity index (χ1v) is 7.81. The van der Waals surface area contributed by atoms with Gasteiger partial charge >= 0.3 is 0 Å². The van der Waals surface area contributed by atoms with Gasteiger partial charge in [0.2, 0.25) is 0 Å². The van der Waals surface area contributed by atoms with Crippen molar-refractivity contribution in [3.8, 4) is 0 Å². The summed E-state index contributed by atoms with van der Waals surface area (Å²) in [5.74, 6) is 1.13. The zero-order valence-electron chi connectivity index (χ0n) is 9.64. The van der Waals surface area contributed by atoms with Crippen LogP contribution in [0.1, 0.15) is 22.5 Å². The summed E-state index contributed by atoms with van der Waals surface area (Å²) in [5.41, 5.74) is 0. The predicted octanol–water partition coefficient (Wildman–Crippen LogP) is 4.55. The molecule has 0 radical (unpaired) electrons. The van der Waals surface area contributed by atoms with Crippen LogP contribution in [0.2, 0.25) is 5.02 Å². The summed E-state index contributed by atoms with van der Waals surface area (Å²) >= 11 is 8.91. The average molecular weight is 298 g/mol. The number of thioether (sulfide) groups is 1. The van der Waals surface area contributed by atoms with Crippen LogP contribution in [0.25, 0.3) is 0 Å². The van der Waals surface area contributed by atoms with E-state index in [4.69, 9.17) is 11.6 Å². The third kappa shape index (κ3) is 4.12. The quantitative estimate of drug-likeness (QED) is 0.445. The monoisotopic (exact) mass is 297 g/mol. The molecule has 5 heteroatoms. The number of carbonyl (C=O) groups is 1. The largest absolute Gasteiger partial charge is 0.293 e. The minimum Gasteiger partial charge on any atom is -0.293 e. The van der Waals surface area contributed by atoms with Gasteiger partial charge in [-0.1, -0.05) is 17.7 Å². The molecule has 2 aromatic heterocycles. The normalized spacial score (nSPS) is 10.5. The predicted molar refractivity (Wildman–Crippen MR) is 77.9 cm³/mol. The van der Waals surface area contributed by atoms with Gasteiger partial charge in [-0.15, -0.1) is 23.1 Å². The maximum absolute atomic E-state index is 11.7. The highest BCUT2D eigenvalue weighted by atomic mass is 35.5. The van der Waals surface area contributed by atoms with Gasteiger partial charge in [0.05, 0.1) is 14.9 Å². The highest BCUT2D eigenvalue weighted by Gasteiger charge is 2.06. The molecule has 0 fully saturated rings. The highest BCUT2D eigenvalue weighted by Crippen LogP contribution is 2.19. The number of ketones is 1. The summed E-state index contributed by atoms with van der Waals surface area (Å²) in [4.78, 5) is 16.8. The third-order valence-electron chi connectivity index (χ3n) is 2.29. The van der Waals surface area contributed by atoms with Crippen LogP contribution in [0.15, 0.2) is 40.9 Å². The summed E-state index contributed by atoms with van der Waals surface area (Å²) < 4.78 is 0. The first-order chi connectivity index (χ1) is 8.75. The molecule has 0 saturated heterocycles. The molecule has 0 bridgehead atoms. The Balaban J connectivity index is 1.70. The van der Waals surface area contributed by atoms with Crippen LogP contribution in [-0.2, 0) is 0 Å². The number of hydrogen-bond donors (Lipinski definition) is 0. The molecular formula is C13H12ClNOS2. The van der Waals surface area contributed by atoms with Gasteiger partial charge in [-0.05, 0) is 35.8 Å². The molecule has 0 spiro atoms. The van der Waals surface area contributed by atoms with E-state index in [0.717, 1.165) is 22.1 Å². The van der Waals surface area contributed by atoms with Crippen LogP contribution in [0.5, 0.6) is 0 Å². The number of thiophene rings is 1. The number of hydrogen-bond acceptors (Lipinski definition) is 4. The van der Waals surface area contributed by atoms with E-state index in [1.165, 1.54) is 11.3 Å². The van der Waals surface area contributed by atoms with Crippen molar-refractivity contribution in [1.82, 2.24) is 4.98 Å². The van der Waals surface area contributed by atoms with E-state index in [9.17, 15) is 4.79 Å². The van der Waals surface area contributed by atoms with E-state index in [1.54, 1.807) is 18.0 Å². The summed E-state index contributed by atoms with van der Waals surface area (Å²) in [6.45, 7) is 0. The minimum atomic E-state index is 0.231. The SMILES string of the molecule is O=C(CCCSc1ccc(Cl)cn1)c1cccs1. The van der Waals surface area contributed by atoms with Gasteiger partial charge in [-0.25, -0.2) is 4.98 Å². The Morgan fingerprint density at radius 2 is 2.28 bits per heavy atom. The maximum Gasteiger partial charge on any atom is 0.172 e. The second kappa shape index (κ2) is 6.92. The highest BCUT2D eigenvalue weighted by molar-refractivity contribution is 7.99. The lowest BCUT2D eigenvalue weighted by Crippen LogP contribution is -1.96. The van der Waals surface area contributed by atoms with Crippen molar-refractivity contribution >= 4 is 40.5 Å². The van der Waals surface area contributed by atoms with Gasteiger partial charge in [0.15, 0.2) is 5.78 Å². The Kier molecular flexibility index (Phi) is 5.23. The molecule has 0 aliphatic rings. The molecule has 0 atom stereocenters. The molecule has 2 rings (SSSR count). The van der Waals surface area contributed by atoms with Crippen molar-refractivity contribution in [2.75, 3.05) is 5.75 Å². The molecule has 0 aliphatic heterocycles. The number of carbonyl (C=O) groups excluding carboxylic acids is 1. The smallest absolute Gasteiger partial charge is 0.172 e. The molecule has 2 heterocycles. The molecule has 0 aromatic carbocycles. The van der Waals surface area contributed by atoms with Crippen LogP contribution >= 0.6 is 34.7 Å². The number of nitrogens with zero attached hydrogens (tertiary/aromatic N) is 1. The Morgan fingerprint density at radius 3 is 2.94 bits per heavy atom. The van der Waals surface area contributed by atoms with Crippen LogP contribution in [-0.4, -0.2) is 16.5 Å². The van der Waals surface area contributed by atoms with E-state index in [1.807, 2.05) is 29.6 Å². The molecule has 2 aromatic rings. The Hall–Kier alpha value is -0.840. The number of pyridine rings is 1. The van der Waals surface area contributed by atoms with Crippen LogP contribution in [0, 0.1) is 0 Å². The zero-order valence-corrected chi connectivity index (χ0v) is 12.0. The van der Waals surface area contributed by atoms with Crippen LogP contribution < -0.4 is 0 Å². The van der Waals surface area contributed by atoms with Crippen molar-refractivity contribution < 1.29 is 4.79 Å². The molecule has 0 unspecified atom stereocenters. The second-order valence-corrected chi connectivity index (χ2v) is 6.17. The second-order valence-electron chi connectivity index (χ2n) is 3.67. The zero-order chi connectivity index (χ0) is 12.8. The molecule has 0 N–H and O–H groups in total. The average Bonchev–Trinajstić information content (AvgIpc) is 2.90. The molecule has 18 heavy (non-hydrogen) atoms. The van der Waals surface area contributed by atoms with Crippen molar-refractivity contribution in [3.63, 3.8) is 0 Å². The molecular weight excluding hydrogens is 286 g/mol. The first-order valence-electron chi connectivity index (χ1n) is 5.57.